The molecular weight excluding hydrogens is 294 g/mol. The molecule has 1 aromatic rings. The second-order valence-corrected chi connectivity index (χ2v) is 7.21. The fourth-order valence-corrected chi connectivity index (χ4v) is 2.42. The van der Waals surface area contributed by atoms with Crippen LogP contribution in [0.25, 0.3) is 0 Å². The third kappa shape index (κ3) is 4.86. The van der Waals surface area contributed by atoms with E-state index >= 15 is 0 Å². The third-order valence-electron chi connectivity index (χ3n) is 3.21. The normalized spacial score (nSPS) is 12.7. The fourth-order valence-electron chi connectivity index (χ4n) is 1.74. The minimum Gasteiger partial charge on any atom is -0.479 e. The quantitative estimate of drug-likeness (QED) is 0.815. The molecule has 0 aliphatic heterocycles. The Hall–Kier alpha value is -1.89. The molecule has 21 heavy (non-hydrogen) atoms. The molecule has 1 unspecified atom stereocenters. The van der Waals surface area contributed by atoms with Crippen LogP contribution < -0.4 is 5.32 Å². The summed E-state index contributed by atoms with van der Waals surface area (Å²) in [6.07, 6.45) is 0. The van der Waals surface area contributed by atoms with Crippen molar-refractivity contribution in [2.75, 3.05) is 11.5 Å². The van der Waals surface area contributed by atoms with E-state index in [1.54, 1.807) is 18.2 Å². The fraction of sp³-hybridized carbons (Fsp3) is 0.429. The number of benzene rings is 1. The first-order chi connectivity index (χ1) is 9.66. The van der Waals surface area contributed by atoms with E-state index in [9.17, 15) is 23.1 Å². The van der Waals surface area contributed by atoms with E-state index in [4.69, 9.17) is 0 Å². The molecule has 0 aromatic heterocycles. The van der Waals surface area contributed by atoms with Crippen molar-refractivity contribution in [1.29, 1.82) is 0 Å². The summed E-state index contributed by atoms with van der Waals surface area (Å²) >= 11 is 0. The Morgan fingerprint density at radius 1 is 1.24 bits per heavy atom. The summed E-state index contributed by atoms with van der Waals surface area (Å²) in [6.45, 7) is 5.16. The van der Waals surface area contributed by atoms with E-state index in [0.717, 1.165) is 11.1 Å². The Morgan fingerprint density at radius 2 is 1.86 bits per heavy atom. The molecule has 1 amide bonds. The highest BCUT2D eigenvalue weighted by atomic mass is 32.2. The lowest BCUT2D eigenvalue weighted by molar-refractivity contribution is -0.141. The lowest BCUT2D eigenvalue weighted by atomic mass is 10.0. The van der Waals surface area contributed by atoms with Gasteiger partial charge in [0.25, 0.3) is 0 Å². The van der Waals surface area contributed by atoms with E-state index in [0.29, 0.717) is 5.56 Å². The van der Waals surface area contributed by atoms with Crippen LogP contribution in [0.15, 0.2) is 18.2 Å². The number of rotatable bonds is 6. The zero-order valence-corrected chi connectivity index (χ0v) is 13.0. The maximum absolute atomic E-state index is 11.7. The molecule has 0 heterocycles. The summed E-state index contributed by atoms with van der Waals surface area (Å²) in [7, 11) is -3.49. The van der Waals surface area contributed by atoms with Gasteiger partial charge in [0.2, 0.25) is 5.91 Å². The summed E-state index contributed by atoms with van der Waals surface area (Å²) < 4.78 is 22.8. The van der Waals surface area contributed by atoms with E-state index in [1.807, 2.05) is 13.8 Å². The van der Waals surface area contributed by atoms with Crippen molar-refractivity contribution in [2.45, 2.75) is 26.8 Å². The summed E-state index contributed by atoms with van der Waals surface area (Å²) in [6, 6.07) is 3.78. The topological polar surface area (TPSA) is 101 Å². The van der Waals surface area contributed by atoms with Crippen molar-refractivity contribution in [3.8, 4) is 0 Å². The van der Waals surface area contributed by atoms with Gasteiger partial charge in [0.05, 0.1) is 0 Å². The van der Waals surface area contributed by atoms with Crippen LogP contribution in [0.2, 0.25) is 0 Å². The van der Waals surface area contributed by atoms with Gasteiger partial charge in [0.1, 0.15) is 5.75 Å². The molecule has 1 atom stereocenters. The van der Waals surface area contributed by atoms with E-state index in [-0.39, 0.29) is 5.75 Å². The summed E-state index contributed by atoms with van der Waals surface area (Å²) in [5.41, 5.74) is 2.31. The number of carbonyl (C=O) groups is 2. The van der Waals surface area contributed by atoms with Crippen molar-refractivity contribution in [1.82, 2.24) is 5.32 Å². The number of hydrogen-bond donors (Lipinski definition) is 2. The highest BCUT2D eigenvalue weighted by Gasteiger charge is 2.24. The van der Waals surface area contributed by atoms with Crippen molar-refractivity contribution in [3.63, 3.8) is 0 Å². The molecular formula is C14H19NO5S. The van der Waals surface area contributed by atoms with Crippen LogP contribution in [0.5, 0.6) is 0 Å². The van der Waals surface area contributed by atoms with Crippen LogP contribution in [0.4, 0.5) is 0 Å². The number of aliphatic carboxylic acids is 1. The zero-order valence-electron chi connectivity index (χ0n) is 12.2. The van der Waals surface area contributed by atoms with Gasteiger partial charge >= 0.3 is 5.97 Å². The molecule has 0 bridgehead atoms. The van der Waals surface area contributed by atoms with Crippen LogP contribution in [0.3, 0.4) is 0 Å². The second kappa shape index (κ2) is 6.71. The predicted octanol–water partition coefficient (Wildman–Crippen LogP) is 0.980. The minimum absolute atomic E-state index is 0.165. The number of sulfone groups is 1. The number of carbonyl (C=O) groups excluding carboxylic acids is 1. The monoisotopic (exact) mass is 313 g/mol. The van der Waals surface area contributed by atoms with Crippen LogP contribution in [-0.2, 0) is 19.4 Å². The van der Waals surface area contributed by atoms with Gasteiger partial charge in [-0.1, -0.05) is 25.1 Å². The summed E-state index contributed by atoms with van der Waals surface area (Å²) in [4.78, 5) is 23.0. The number of carboxylic acid groups (broad SMARTS) is 1. The van der Waals surface area contributed by atoms with Gasteiger partial charge in [-0.05, 0) is 30.5 Å². The van der Waals surface area contributed by atoms with Gasteiger partial charge in [-0.25, -0.2) is 13.2 Å². The zero-order chi connectivity index (χ0) is 16.2. The summed E-state index contributed by atoms with van der Waals surface area (Å²) in [5, 5.41) is 11.5. The highest BCUT2D eigenvalue weighted by Crippen LogP contribution is 2.17. The molecule has 0 fully saturated rings. The van der Waals surface area contributed by atoms with Gasteiger partial charge in [-0.15, -0.1) is 0 Å². The number of carboxylic acids is 1. The van der Waals surface area contributed by atoms with Crippen LogP contribution >= 0.6 is 0 Å². The standard InChI is InChI=1S/C14H19NO5S/c1-4-21(19,20)8-12(16)15-13(14(17)18)11-6-5-9(2)10(3)7-11/h5-7,13H,4,8H2,1-3H3,(H,15,16)(H,17,18). The number of nitrogens with one attached hydrogen (secondary N) is 1. The van der Waals surface area contributed by atoms with Gasteiger partial charge < -0.3 is 10.4 Å². The molecule has 7 heteroatoms. The molecule has 1 rings (SSSR count). The maximum Gasteiger partial charge on any atom is 0.330 e. The molecule has 1 aromatic carbocycles. The average molecular weight is 313 g/mol. The predicted molar refractivity (Wildman–Crippen MR) is 78.8 cm³/mol. The van der Waals surface area contributed by atoms with Crippen molar-refractivity contribution in [3.05, 3.63) is 34.9 Å². The molecule has 0 spiro atoms. The third-order valence-corrected chi connectivity index (χ3v) is 4.79. The van der Waals surface area contributed by atoms with E-state index in [1.165, 1.54) is 6.92 Å². The molecule has 2 N–H and O–H groups in total. The lowest BCUT2D eigenvalue weighted by Crippen LogP contribution is -2.37. The smallest absolute Gasteiger partial charge is 0.330 e. The first kappa shape index (κ1) is 17.2. The Labute approximate surface area is 124 Å². The van der Waals surface area contributed by atoms with Gasteiger partial charge in [0.15, 0.2) is 15.9 Å². The molecule has 0 aliphatic carbocycles. The minimum atomic E-state index is -3.49. The first-order valence-corrected chi connectivity index (χ1v) is 8.28. The Balaban J connectivity index is 2.95. The highest BCUT2D eigenvalue weighted by molar-refractivity contribution is 7.92. The molecule has 6 nitrogen and oxygen atoms in total. The Bertz CT molecular complexity index is 651. The lowest BCUT2D eigenvalue weighted by Gasteiger charge is -2.16. The molecule has 0 radical (unpaired) electrons. The maximum atomic E-state index is 11.7. The molecule has 0 saturated carbocycles. The van der Waals surface area contributed by atoms with Crippen molar-refractivity contribution >= 4 is 21.7 Å². The van der Waals surface area contributed by atoms with Crippen LogP contribution in [-0.4, -0.2) is 36.9 Å². The van der Waals surface area contributed by atoms with Crippen molar-refractivity contribution < 1.29 is 23.1 Å². The number of aryl methyl sites for hydroxylation is 2. The molecule has 0 aliphatic rings. The molecule has 116 valence electrons. The van der Waals surface area contributed by atoms with Gasteiger partial charge in [-0.2, -0.15) is 0 Å². The van der Waals surface area contributed by atoms with Crippen LogP contribution in [0.1, 0.15) is 29.7 Å². The second-order valence-electron chi connectivity index (χ2n) is 4.86. The SMILES string of the molecule is CCS(=O)(=O)CC(=O)NC(C(=O)O)c1ccc(C)c(C)c1. The number of amides is 1. The average Bonchev–Trinajstić information content (AvgIpc) is 2.38. The Kier molecular flexibility index (Phi) is 5.48. The van der Waals surface area contributed by atoms with E-state index in [2.05, 4.69) is 5.32 Å². The molecule has 0 saturated heterocycles. The number of hydrogen-bond acceptors (Lipinski definition) is 4. The van der Waals surface area contributed by atoms with Gasteiger partial charge in [0, 0.05) is 5.75 Å². The first-order valence-electron chi connectivity index (χ1n) is 6.46. The Morgan fingerprint density at radius 3 is 2.33 bits per heavy atom. The largest absolute Gasteiger partial charge is 0.479 e. The van der Waals surface area contributed by atoms with Crippen LogP contribution in [0, 0.1) is 13.8 Å². The van der Waals surface area contributed by atoms with E-state index < -0.39 is 33.5 Å². The summed E-state index contributed by atoms with van der Waals surface area (Å²) in [5.74, 6) is -2.93. The van der Waals surface area contributed by atoms with Gasteiger partial charge in [-0.3, -0.25) is 4.79 Å². The van der Waals surface area contributed by atoms with Crippen molar-refractivity contribution in [2.24, 2.45) is 0 Å².